The summed E-state index contributed by atoms with van der Waals surface area (Å²) < 4.78 is 5.55. The number of amides is 2. The van der Waals surface area contributed by atoms with E-state index in [0.29, 0.717) is 6.42 Å². The average Bonchev–Trinajstić information content (AvgIpc) is 3.04. The van der Waals surface area contributed by atoms with Gasteiger partial charge in [0.25, 0.3) is 0 Å². The Morgan fingerprint density at radius 2 is 1.47 bits per heavy atom. The maximum absolute atomic E-state index is 12.9. The molecule has 3 N–H and O–H groups in total. The molecule has 1 unspecified atom stereocenters. The molecule has 7 nitrogen and oxygen atoms in total. The van der Waals surface area contributed by atoms with Crippen LogP contribution in [0.4, 0.5) is 4.79 Å². The van der Waals surface area contributed by atoms with E-state index in [1.807, 2.05) is 57.2 Å². The van der Waals surface area contributed by atoms with E-state index in [1.165, 1.54) is 0 Å². The third kappa shape index (κ3) is 6.16. The van der Waals surface area contributed by atoms with E-state index in [4.69, 9.17) is 4.74 Å². The standard InChI is InChI=1S/C27H34N2O5/c1-26(2,3)15-17(14-23(30)31)28-24(32)27(4,5)29-25(33)34-16-22-20-12-8-6-10-18(20)19-11-7-9-13-21(19)22/h6-13,17,22H,14-16H2,1-5H3,(H,28,32)(H,29,33)(H,30,31). The highest BCUT2D eigenvalue weighted by Crippen LogP contribution is 2.44. The van der Waals surface area contributed by atoms with Crippen LogP contribution in [-0.4, -0.2) is 41.3 Å². The molecule has 1 atom stereocenters. The highest BCUT2D eigenvalue weighted by molar-refractivity contribution is 5.89. The molecule has 2 amide bonds. The van der Waals surface area contributed by atoms with Gasteiger partial charge >= 0.3 is 12.1 Å². The Kier molecular flexibility index (Phi) is 7.34. The van der Waals surface area contributed by atoms with Gasteiger partial charge in [-0.25, -0.2) is 4.79 Å². The van der Waals surface area contributed by atoms with Crippen LogP contribution in [0.3, 0.4) is 0 Å². The predicted octanol–water partition coefficient (Wildman–Crippen LogP) is 4.70. The molecule has 2 aromatic carbocycles. The Balaban J connectivity index is 1.63. The summed E-state index contributed by atoms with van der Waals surface area (Å²) in [6.45, 7) is 9.22. The molecule has 0 saturated carbocycles. The minimum absolute atomic E-state index is 0.0816. The van der Waals surface area contributed by atoms with Crippen molar-refractivity contribution in [2.24, 2.45) is 5.41 Å². The lowest BCUT2D eigenvalue weighted by Gasteiger charge is -2.30. The quantitative estimate of drug-likeness (QED) is 0.523. The molecule has 0 saturated heterocycles. The number of ether oxygens (including phenoxy) is 1. The monoisotopic (exact) mass is 466 g/mol. The van der Waals surface area contributed by atoms with E-state index in [9.17, 15) is 19.5 Å². The first-order valence-electron chi connectivity index (χ1n) is 11.5. The number of carboxylic acid groups (broad SMARTS) is 1. The van der Waals surface area contributed by atoms with Crippen molar-refractivity contribution in [1.29, 1.82) is 0 Å². The normalized spacial score (nSPS) is 14.0. The average molecular weight is 467 g/mol. The van der Waals surface area contributed by atoms with Gasteiger partial charge in [-0.15, -0.1) is 0 Å². The highest BCUT2D eigenvalue weighted by Gasteiger charge is 2.34. The number of nitrogens with one attached hydrogen (secondary N) is 2. The molecular formula is C27H34N2O5. The number of alkyl carbamates (subject to hydrolysis) is 1. The maximum Gasteiger partial charge on any atom is 0.408 e. The van der Waals surface area contributed by atoms with Crippen molar-refractivity contribution >= 4 is 18.0 Å². The molecule has 0 aliphatic heterocycles. The molecule has 0 spiro atoms. The lowest BCUT2D eigenvalue weighted by Crippen LogP contribution is -2.57. The van der Waals surface area contributed by atoms with E-state index in [0.717, 1.165) is 22.3 Å². The van der Waals surface area contributed by atoms with Crippen LogP contribution in [0.15, 0.2) is 48.5 Å². The Morgan fingerprint density at radius 1 is 0.941 bits per heavy atom. The minimum Gasteiger partial charge on any atom is -0.481 e. The SMILES string of the molecule is CC(C)(C)CC(CC(=O)O)NC(=O)C(C)(C)NC(=O)OCC1c2ccccc2-c2ccccc21. The lowest BCUT2D eigenvalue weighted by molar-refractivity contribution is -0.138. The third-order valence-electron chi connectivity index (χ3n) is 5.94. The van der Waals surface area contributed by atoms with Crippen molar-refractivity contribution in [2.45, 2.75) is 65.0 Å². The van der Waals surface area contributed by atoms with Gasteiger partial charge in [-0.05, 0) is 47.9 Å². The molecule has 0 fully saturated rings. The van der Waals surface area contributed by atoms with Gasteiger partial charge in [0.2, 0.25) is 5.91 Å². The van der Waals surface area contributed by atoms with Gasteiger partial charge in [-0.3, -0.25) is 9.59 Å². The maximum atomic E-state index is 12.9. The summed E-state index contributed by atoms with van der Waals surface area (Å²) in [7, 11) is 0. The summed E-state index contributed by atoms with van der Waals surface area (Å²) >= 11 is 0. The molecule has 0 radical (unpaired) electrons. The van der Waals surface area contributed by atoms with Crippen LogP contribution in [0, 0.1) is 5.41 Å². The topological polar surface area (TPSA) is 105 Å². The van der Waals surface area contributed by atoms with Crippen molar-refractivity contribution in [3.8, 4) is 11.1 Å². The number of carbonyl (C=O) groups excluding carboxylic acids is 2. The minimum atomic E-state index is -1.28. The second-order valence-electron chi connectivity index (χ2n) is 10.6. The van der Waals surface area contributed by atoms with Crippen LogP contribution in [0.25, 0.3) is 11.1 Å². The molecule has 1 aliphatic rings. The molecule has 1 aliphatic carbocycles. The largest absolute Gasteiger partial charge is 0.481 e. The second kappa shape index (κ2) is 9.87. The number of fused-ring (bicyclic) bond motifs is 3. The summed E-state index contributed by atoms with van der Waals surface area (Å²) in [6.07, 6.45) is -0.400. The van der Waals surface area contributed by atoms with Gasteiger partial charge in [-0.1, -0.05) is 69.3 Å². The molecule has 182 valence electrons. The number of hydrogen-bond donors (Lipinski definition) is 3. The zero-order valence-corrected chi connectivity index (χ0v) is 20.5. The molecule has 7 heteroatoms. The Morgan fingerprint density at radius 3 is 1.97 bits per heavy atom. The van der Waals surface area contributed by atoms with Gasteiger partial charge in [-0.2, -0.15) is 0 Å². The van der Waals surface area contributed by atoms with Crippen LogP contribution in [-0.2, 0) is 14.3 Å². The number of hydrogen-bond acceptors (Lipinski definition) is 4. The zero-order valence-electron chi connectivity index (χ0n) is 20.5. The van der Waals surface area contributed by atoms with Gasteiger partial charge < -0.3 is 20.5 Å². The smallest absolute Gasteiger partial charge is 0.408 e. The van der Waals surface area contributed by atoms with E-state index < -0.39 is 29.6 Å². The van der Waals surface area contributed by atoms with E-state index >= 15 is 0 Å². The number of carboxylic acids is 1. The molecule has 34 heavy (non-hydrogen) atoms. The van der Waals surface area contributed by atoms with Crippen molar-refractivity contribution in [1.82, 2.24) is 10.6 Å². The number of rotatable bonds is 8. The fourth-order valence-corrected chi connectivity index (χ4v) is 4.44. The third-order valence-corrected chi connectivity index (χ3v) is 5.94. The van der Waals surface area contributed by atoms with Crippen molar-refractivity contribution in [3.63, 3.8) is 0 Å². The van der Waals surface area contributed by atoms with Gasteiger partial charge in [0.1, 0.15) is 12.1 Å². The van der Waals surface area contributed by atoms with Gasteiger partial charge in [0, 0.05) is 12.0 Å². The van der Waals surface area contributed by atoms with Crippen molar-refractivity contribution in [3.05, 3.63) is 59.7 Å². The van der Waals surface area contributed by atoms with Crippen LogP contribution < -0.4 is 10.6 Å². The number of carbonyl (C=O) groups is 3. The molecule has 2 aromatic rings. The van der Waals surface area contributed by atoms with Crippen LogP contribution in [0.5, 0.6) is 0 Å². The van der Waals surface area contributed by atoms with Crippen LogP contribution in [0.1, 0.15) is 64.5 Å². The summed E-state index contributed by atoms with van der Waals surface area (Å²) in [4.78, 5) is 36.8. The molecule has 0 bridgehead atoms. The zero-order chi connectivity index (χ0) is 25.1. The summed E-state index contributed by atoms with van der Waals surface area (Å²) in [5, 5.41) is 14.6. The van der Waals surface area contributed by atoms with Gasteiger partial charge in [0.05, 0.1) is 6.42 Å². The lowest BCUT2D eigenvalue weighted by atomic mass is 9.86. The fraction of sp³-hybridized carbons (Fsp3) is 0.444. The Hall–Kier alpha value is -3.35. The Labute approximate surface area is 200 Å². The summed E-state index contributed by atoms with van der Waals surface area (Å²) in [5.74, 6) is -1.53. The first kappa shape index (κ1) is 25.3. The first-order valence-corrected chi connectivity index (χ1v) is 11.5. The van der Waals surface area contributed by atoms with E-state index in [2.05, 4.69) is 22.8 Å². The fourth-order valence-electron chi connectivity index (χ4n) is 4.44. The van der Waals surface area contributed by atoms with E-state index in [-0.39, 0.29) is 24.4 Å². The first-order chi connectivity index (χ1) is 15.9. The molecule has 0 heterocycles. The Bertz CT molecular complexity index is 1030. The van der Waals surface area contributed by atoms with E-state index in [1.54, 1.807) is 13.8 Å². The van der Waals surface area contributed by atoms with Crippen LogP contribution in [0.2, 0.25) is 0 Å². The molecular weight excluding hydrogens is 432 g/mol. The molecule has 3 rings (SSSR count). The van der Waals surface area contributed by atoms with Crippen LogP contribution >= 0.6 is 0 Å². The van der Waals surface area contributed by atoms with Crippen molar-refractivity contribution < 1.29 is 24.2 Å². The summed E-state index contributed by atoms with van der Waals surface area (Å²) in [5.41, 5.74) is 3.03. The van der Waals surface area contributed by atoms with Gasteiger partial charge in [0.15, 0.2) is 0 Å². The molecule has 0 aromatic heterocycles. The highest BCUT2D eigenvalue weighted by atomic mass is 16.5. The number of benzene rings is 2. The van der Waals surface area contributed by atoms with Crippen molar-refractivity contribution in [2.75, 3.05) is 6.61 Å². The number of aliphatic carboxylic acids is 1. The second-order valence-corrected chi connectivity index (χ2v) is 10.6. The predicted molar refractivity (Wildman–Crippen MR) is 131 cm³/mol. The summed E-state index contributed by atoms with van der Waals surface area (Å²) in [6, 6.07) is 15.6.